The molecule has 2 N–H and O–H groups in total. The second-order valence-electron chi connectivity index (χ2n) is 4.40. The van der Waals surface area contributed by atoms with Crippen LogP contribution in [0.15, 0.2) is 52.3 Å². The normalized spacial score (nSPS) is 16.2. The highest BCUT2D eigenvalue weighted by molar-refractivity contribution is 7.99. The first-order valence-electron chi connectivity index (χ1n) is 5.89. The van der Waals surface area contributed by atoms with Gasteiger partial charge in [-0.2, -0.15) is 0 Å². The van der Waals surface area contributed by atoms with Crippen LogP contribution in [0.2, 0.25) is 0 Å². The molecule has 0 aliphatic carbocycles. The third kappa shape index (κ3) is 1.27. The molecule has 0 spiro atoms. The summed E-state index contributed by atoms with van der Waals surface area (Å²) < 4.78 is 0. The highest BCUT2D eigenvalue weighted by atomic mass is 32.2. The van der Waals surface area contributed by atoms with E-state index in [4.69, 9.17) is 0 Å². The molecule has 2 aromatic rings. The van der Waals surface area contributed by atoms with Gasteiger partial charge in [-0.25, -0.2) is 4.79 Å². The summed E-state index contributed by atoms with van der Waals surface area (Å²) in [6, 6.07) is 14.3. The van der Waals surface area contributed by atoms with Gasteiger partial charge in [-0.3, -0.25) is 10.2 Å². The lowest BCUT2D eigenvalue weighted by Crippen LogP contribution is -2.92. The van der Waals surface area contributed by atoms with E-state index in [2.05, 4.69) is 29.2 Å². The summed E-state index contributed by atoms with van der Waals surface area (Å²) in [6.45, 7) is 0.667. The summed E-state index contributed by atoms with van der Waals surface area (Å²) in [6.07, 6.45) is 0. The number of nitrogens with zero attached hydrogens (tertiary/aromatic N) is 1. The molecule has 2 aromatic carbocycles. The lowest BCUT2D eigenvalue weighted by Gasteiger charge is -2.34. The largest absolute Gasteiger partial charge is 0.346 e. The number of carbonyl (C=O) groups excluding carboxylic acids is 1. The van der Waals surface area contributed by atoms with Gasteiger partial charge in [0.2, 0.25) is 0 Å². The quantitative estimate of drug-likeness (QED) is 0.782. The van der Waals surface area contributed by atoms with E-state index in [9.17, 15) is 4.79 Å². The number of benzene rings is 2. The van der Waals surface area contributed by atoms with Crippen LogP contribution in [0.1, 0.15) is 10.4 Å². The maximum absolute atomic E-state index is 11.9. The Labute approximate surface area is 109 Å². The average Bonchev–Trinajstić information content (AvgIpc) is 2.42. The first kappa shape index (κ1) is 10.2. The Morgan fingerprint density at radius 2 is 1.89 bits per heavy atom. The molecule has 88 valence electrons. The van der Waals surface area contributed by atoms with Gasteiger partial charge in [0.15, 0.2) is 6.67 Å². The van der Waals surface area contributed by atoms with Crippen molar-refractivity contribution in [3.8, 4) is 0 Å². The minimum atomic E-state index is 0.142. The molecule has 0 fully saturated rings. The molecular formula is C14H11N2OS+. The monoisotopic (exact) mass is 255 g/mol. The van der Waals surface area contributed by atoms with Crippen LogP contribution in [0.4, 0.5) is 11.4 Å². The molecule has 2 aliphatic heterocycles. The summed E-state index contributed by atoms with van der Waals surface area (Å²) in [7, 11) is 0. The molecule has 2 heterocycles. The number of quaternary nitrogens is 1. The molecule has 0 saturated carbocycles. The molecule has 4 rings (SSSR count). The number of rotatable bonds is 0. The second kappa shape index (κ2) is 3.60. The SMILES string of the molecule is O=C1[NH2+]CN2c3ccccc3Sc3cccc1c32. The van der Waals surface area contributed by atoms with Crippen LogP contribution in [-0.4, -0.2) is 12.6 Å². The van der Waals surface area contributed by atoms with Gasteiger partial charge in [0, 0.05) is 9.79 Å². The fourth-order valence-electron chi connectivity index (χ4n) is 2.56. The van der Waals surface area contributed by atoms with Crippen molar-refractivity contribution in [2.24, 2.45) is 0 Å². The zero-order chi connectivity index (χ0) is 12.1. The van der Waals surface area contributed by atoms with Gasteiger partial charge in [-0.1, -0.05) is 30.0 Å². The standard InChI is InChI=1S/C14H10N2OS/c17-14-9-4-3-7-12-13(9)16(8-15-14)10-5-1-2-6-11(10)18-12/h1-7H,8H2,(H,15,17)/p+1. The van der Waals surface area contributed by atoms with Crippen LogP contribution < -0.4 is 10.2 Å². The van der Waals surface area contributed by atoms with Gasteiger partial charge >= 0.3 is 5.91 Å². The molecule has 18 heavy (non-hydrogen) atoms. The molecule has 3 nitrogen and oxygen atoms in total. The number of para-hydroxylation sites is 2. The Morgan fingerprint density at radius 3 is 2.83 bits per heavy atom. The third-order valence-electron chi connectivity index (χ3n) is 3.37. The van der Waals surface area contributed by atoms with E-state index in [1.165, 1.54) is 15.5 Å². The molecule has 0 radical (unpaired) electrons. The molecule has 0 unspecified atom stereocenters. The van der Waals surface area contributed by atoms with Gasteiger partial charge < -0.3 is 0 Å². The molecule has 2 aliphatic rings. The summed E-state index contributed by atoms with van der Waals surface area (Å²) in [4.78, 5) is 16.6. The van der Waals surface area contributed by atoms with Crippen molar-refractivity contribution in [1.82, 2.24) is 0 Å². The number of hydrogen-bond acceptors (Lipinski definition) is 3. The molecule has 0 aromatic heterocycles. The van der Waals surface area contributed by atoms with Gasteiger partial charge in [0.25, 0.3) is 0 Å². The summed E-state index contributed by atoms with van der Waals surface area (Å²) in [5.41, 5.74) is 3.10. The van der Waals surface area contributed by atoms with Crippen LogP contribution in [0.3, 0.4) is 0 Å². The van der Waals surface area contributed by atoms with Crippen LogP contribution >= 0.6 is 11.8 Å². The Balaban J connectivity index is 2.01. The van der Waals surface area contributed by atoms with Crippen molar-refractivity contribution >= 4 is 29.0 Å². The Kier molecular flexibility index (Phi) is 2.04. The van der Waals surface area contributed by atoms with Crippen molar-refractivity contribution < 1.29 is 10.1 Å². The Hall–Kier alpha value is -1.78. The first-order valence-corrected chi connectivity index (χ1v) is 6.71. The predicted molar refractivity (Wildman–Crippen MR) is 70.3 cm³/mol. The van der Waals surface area contributed by atoms with E-state index in [1.807, 2.05) is 18.2 Å². The number of amides is 1. The number of anilines is 2. The van der Waals surface area contributed by atoms with Gasteiger partial charge in [-0.05, 0) is 24.3 Å². The topological polar surface area (TPSA) is 36.9 Å². The van der Waals surface area contributed by atoms with Crippen LogP contribution in [0, 0.1) is 0 Å². The summed E-state index contributed by atoms with van der Waals surface area (Å²) >= 11 is 1.74. The fraction of sp³-hybridized carbons (Fsp3) is 0.0714. The van der Waals surface area contributed by atoms with Crippen molar-refractivity contribution in [3.63, 3.8) is 0 Å². The van der Waals surface area contributed by atoms with Crippen LogP contribution in [0.25, 0.3) is 0 Å². The van der Waals surface area contributed by atoms with E-state index in [0.717, 1.165) is 11.3 Å². The molecule has 4 heteroatoms. The van der Waals surface area contributed by atoms with E-state index < -0.39 is 0 Å². The lowest BCUT2D eigenvalue weighted by molar-refractivity contribution is -0.555. The number of fused-ring (bicyclic) bond motifs is 2. The van der Waals surface area contributed by atoms with Crippen molar-refractivity contribution in [3.05, 3.63) is 48.0 Å². The maximum Gasteiger partial charge on any atom is 0.346 e. The second-order valence-corrected chi connectivity index (χ2v) is 5.48. The van der Waals surface area contributed by atoms with Crippen molar-refractivity contribution in [1.29, 1.82) is 0 Å². The van der Waals surface area contributed by atoms with Crippen LogP contribution in [0.5, 0.6) is 0 Å². The van der Waals surface area contributed by atoms with Gasteiger partial charge in [0.1, 0.15) is 5.56 Å². The van der Waals surface area contributed by atoms with E-state index in [1.54, 1.807) is 17.1 Å². The van der Waals surface area contributed by atoms with Gasteiger partial charge in [0.05, 0.1) is 11.4 Å². The number of nitrogens with two attached hydrogens (primary N) is 1. The molecule has 0 atom stereocenters. The zero-order valence-electron chi connectivity index (χ0n) is 9.59. The minimum absolute atomic E-state index is 0.142. The smallest absolute Gasteiger partial charge is 0.291 e. The van der Waals surface area contributed by atoms with Gasteiger partial charge in [-0.15, -0.1) is 0 Å². The van der Waals surface area contributed by atoms with E-state index in [0.29, 0.717) is 6.67 Å². The van der Waals surface area contributed by atoms with Crippen molar-refractivity contribution in [2.75, 3.05) is 11.6 Å². The maximum atomic E-state index is 11.9. The Morgan fingerprint density at radius 1 is 1.06 bits per heavy atom. The summed E-state index contributed by atoms with van der Waals surface area (Å²) in [5, 5.41) is 1.76. The third-order valence-corrected chi connectivity index (χ3v) is 4.48. The van der Waals surface area contributed by atoms with Crippen molar-refractivity contribution in [2.45, 2.75) is 9.79 Å². The van der Waals surface area contributed by atoms with E-state index in [-0.39, 0.29) is 5.91 Å². The minimum Gasteiger partial charge on any atom is -0.291 e. The highest BCUT2D eigenvalue weighted by Gasteiger charge is 2.33. The zero-order valence-corrected chi connectivity index (χ0v) is 10.4. The predicted octanol–water partition coefficient (Wildman–Crippen LogP) is 1.96. The molecule has 1 amide bonds. The molecular weight excluding hydrogens is 244 g/mol. The fourth-order valence-corrected chi connectivity index (χ4v) is 3.69. The highest BCUT2D eigenvalue weighted by Crippen LogP contribution is 2.49. The Bertz CT molecular complexity index is 669. The van der Waals surface area contributed by atoms with Crippen LogP contribution in [-0.2, 0) is 0 Å². The molecule has 0 bridgehead atoms. The number of carbonyl (C=O) groups is 1. The first-order chi connectivity index (χ1) is 8.84. The van der Waals surface area contributed by atoms with E-state index >= 15 is 0 Å². The summed E-state index contributed by atoms with van der Waals surface area (Å²) in [5.74, 6) is 0.142. The lowest BCUT2D eigenvalue weighted by atomic mass is 10.1. The average molecular weight is 255 g/mol. The molecule has 0 saturated heterocycles. The number of hydrogen-bond donors (Lipinski definition) is 1. The number of primary amides is 1.